The Hall–Kier alpha value is -6.13. The number of benzene rings is 2. The Morgan fingerprint density at radius 1 is 0.755 bits per heavy atom. The molecule has 4 atom stereocenters. The number of aromatic amines is 1. The van der Waals surface area contributed by atoms with Crippen LogP contribution in [0.5, 0.6) is 0 Å². The zero-order valence-corrected chi connectivity index (χ0v) is 29.9. The van der Waals surface area contributed by atoms with E-state index >= 15 is 0 Å². The van der Waals surface area contributed by atoms with E-state index in [4.69, 9.17) is 16.2 Å². The maximum Gasteiger partial charge on any atom is 0.408 e. The molecule has 0 spiro atoms. The molecule has 0 unspecified atom stereocenters. The van der Waals surface area contributed by atoms with Crippen LogP contribution in [0.2, 0.25) is 0 Å². The summed E-state index contributed by atoms with van der Waals surface area (Å²) in [5.41, 5.74) is 11.9. The molecule has 1 heterocycles. The van der Waals surface area contributed by atoms with E-state index in [0.29, 0.717) is 17.5 Å². The number of rotatable bonds is 19. The first kappa shape index (κ1) is 41.3. The smallest absolute Gasteiger partial charge is 0.408 e. The summed E-state index contributed by atoms with van der Waals surface area (Å²) in [4.78, 5) is 92.2. The number of carboxylic acids is 1. The highest BCUT2D eigenvalue weighted by Gasteiger charge is 2.33. The van der Waals surface area contributed by atoms with Gasteiger partial charge in [0.15, 0.2) is 0 Å². The van der Waals surface area contributed by atoms with Gasteiger partial charge in [0.25, 0.3) is 0 Å². The number of alkyl carbamates (subject to hydrolysis) is 1. The zero-order chi connectivity index (χ0) is 39.1. The number of carbonyl (C=O) groups excluding carboxylic acids is 6. The monoisotopic (exact) mass is 736 g/mol. The minimum Gasteiger partial charge on any atom is -0.481 e. The third-order valence-electron chi connectivity index (χ3n) is 7.91. The number of ether oxygens (including phenoxy) is 1. The first-order valence-electron chi connectivity index (χ1n) is 17.1. The van der Waals surface area contributed by atoms with Gasteiger partial charge in [0.1, 0.15) is 29.8 Å². The van der Waals surface area contributed by atoms with Crippen molar-refractivity contribution in [3.63, 3.8) is 0 Å². The van der Waals surface area contributed by atoms with E-state index in [1.807, 2.05) is 24.3 Å². The molecule has 11 N–H and O–H groups in total. The topological polar surface area (TPSA) is 277 Å². The molecule has 3 rings (SSSR count). The number of primary amides is 2. The minimum atomic E-state index is -1.67. The van der Waals surface area contributed by atoms with Gasteiger partial charge in [0.05, 0.1) is 6.42 Å². The molecule has 2 aromatic carbocycles. The van der Waals surface area contributed by atoms with Gasteiger partial charge < -0.3 is 52.9 Å². The molecule has 0 aliphatic heterocycles. The maximum atomic E-state index is 13.9. The molecule has 0 saturated heterocycles. The van der Waals surface area contributed by atoms with Crippen LogP contribution in [0.3, 0.4) is 0 Å². The molecule has 17 heteroatoms. The molecule has 0 aliphatic carbocycles. The standard InChI is InChI=1S/C36H48N8O9/c1-36(2,3)53-35(52)44-27(18-22-20-40-24-14-8-7-13-23(22)24)32(49)41-25(15-9-10-16-39-34(38)51)31(48)43-28(19-29(45)46)33(50)42-26(30(37)47)17-21-11-5-4-6-12-21/h4-8,11-14,20,25-28,40H,9-10,15-19H2,1-3H3,(H2,37,47)(H,41,49)(H,42,50)(H,43,48)(H,44,52)(H,45,46)(H3,38,39,51)/t25-,26-,27-,28-/m0/s1. The van der Waals surface area contributed by atoms with Gasteiger partial charge in [0, 0.05) is 36.5 Å². The van der Waals surface area contributed by atoms with Gasteiger partial charge in [0.2, 0.25) is 23.6 Å². The Balaban J connectivity index is 1.86. The van der Waals surface area contributed by atoms with Crippen LogP contribution in [0, 0.1) is 0 Å². The van der Waals surface area contributed by atoms with Crippen LogP contribution in [0.1, 0.15) is 57.6 Å². The van der Waals surface area contributed by atoms with Crippen LogP contribution in [0.15, 0.2) is 60.8 Å². The van der Waals surface area contributed by atoms with Gasteiger partial charge in [-0.3, -0.25) is 24.0 Å². The quantitative estimate of drug-likeness (QED) is 0.0796. The van der Waals surface area contributed by atoms with Crippen LogP contribution < -0.4 is 38.1 Å². The predicted molar refractivity (Wildman–Crippen MR) is 194 cm³/mol. The summed E-state index contributed by atoms with van der Waals surface area (Å²) in [5, 5.41) is 22.9. The number of nitrogens with two attached hydrogens (primary N) is 2. The number of unbranched alkanes of at least 4 members (excludes halogenated alkanes) is 1. The molecule has 3 aromatic rings. The number of H-pyrrole nitrogens is 1. The number of aliphatic carboxylic acids is 1. The van der Waals surface area contributed by atoms with Crippen molar-refractivity contribution in [1.29, 1.82) is 0 Å². The first-order valence-corrected chi connectivity index (χ1v) is 17.1. The van der Waals surface area contributed by atoms with E-state index in [0.717, 1.165) is 10.9 Å². The lowest BCUT2D eigenvalue weighted by Gasteiger charge is -2.26. The Kier molecular flexibility index (Phi) is 15.2. The fraction of sp³-hybridized carbons (Fsp3) is 0.417. The van der Waals surface area contributed by atoms with Gasteiger partial charge in [-0.1, -0.05) is 48.5 Å². The summed E-state index contributed by atoms with van der Waals surface area (Å²) in [5.74, 6) is -4.98. The first-order chi connectivity index (χ1) is 25.0. The molecule has 0 saturated carbocycles. The second kappa shape index (κ2) is 19.5. The molecule has 17 nitrogen and oxygen atoms in total. The Morgan fingerprint density at radius 3 is 2.00 bits per heavy atom. The summed E-state index contributed by atoms with van der Waals surface area (Å²) >= 11 is 0. The number of urea groups is 1. The van der Waals surface area contributed by atoms with E-state index in [1.165, 1.54) is 0 Å². The Bertz CT molecular complexity index is 1760. The summed E-state index contributed by atoms with van der Waals surface area (Å²) < 4.78 is 5.40. The number of nitrogens with one attached hydrogen (secondary N) is 6. The molecule has 0 radical (unpaired) electrons. The van der Waals surface area contributed by atoms with Crippen LogP contribution in [-0.4, -0.2) is 88.1 Å². The zero-order valence-electron chi connectivity index (χ0n) is 29.9. The number of aromatic nitrogens is 1. The van der Waals surface area contributed by atoms with Crippen molar-refractivity contribution in [3.05, 3.63) is 71.9 Å². The van der Waals surface area contributed by atoms with Crippen molar-refractivity contribution >= 4 is 52.6 Å². The van der Waals surface area contributed by atoms with Crippen LogP contribution in [0.4, 0.5) is 9.59 Å². The highest BCUT2D eigenvalue weighted by Crippen LogP contribution is 2.20. The van der Waals surface area contributed by atoms with Gasteiger partial charge in [-0.25, -0.2) is 9.59 Å². The molecular weight excluding hydrogens is 688 g/mol. The number of carbonyl (C=O) groups is 7. The SMILES string of the molecule is CC(C)(C)OC(=O)N[C@@H](Cc1c[nH]c2ccccc12)C(=O)N[C@@H](CCCCNC(N)=O)C(=O)N[C@@H](CC(=O)O)C(=O)N[C@@H](Cc1ccccc1)C(N)=O. The minimum absolute atomic E-state index is 0.00801. The highest BCUT2D eigenvalue weighted by molar-refractivity contribution is 5.96. The Labute approximate surface area is 306 Å². The molecule has 0 aliphatic rings. The third-order valence-corrected chi connectivity index (χ3v) is 7.91. The third kappa shape index (κ3) is 14.2. The maximum absolute atomic E-state index is 13.9. The number of amides is 7. The van der Waals surface area contributed by atoms with Gasteiger partial charge in [-0.2, -0.15) is 0 Å². The van der Waals surface area contributed by atoms with Crippen LogP contribution in [-0.2, 0) is 41.6 Å². The summed E-state index contributed by atoms with van der Waals surface area (Å²) in [6, 6.07) is 9.77. The molecule has 0 fully saturated rings. The average molecular weight is 737 g/mol. The van der Waals surface area contributed by atoms with Crippen molar-refractivity contribution in [1.82, 2.24) is 31.6 Å². The van der Waals surface area contributed by atoms with E-state index < -0.39 is 77.9 Å². The fourth-order valence-electron chi connectivity index (χ4n) is 5.41. The summed E-state index contributed by atoms with van der Waals surface area (Å²) in [6.07, 6.45) is 0.545. The van der Waals surface area contributed by atoms with E-state index in [9.17, 15) is 38.7 Å². The van der Waals surface area contributed by atoms with Gasteiger partial charge in [-0.15, -0.1) is 0 Å². The Morgan fingerprint density at radius 2 is 1.36 bits per heavy atom. The highest BCUT2D eigenvalue weighted by atomic mass is 16.6. The van der Waals surface area contributed by atoms with Crippen LogP contribution >= 0.6 is 0 Å². The molecule has 1 aromatic heterocycles. The van der Waals surface area contributed by atoms with Crippen molar-refractivity contribution in [2.24, 2.45) is 11.5 Å². The lowest BCUT2D eigenvalue weighted by molar-refractivity contribution is -0.141. The number of carboxylic acid groups (broad SMARTS) is 1. The van der Waals surface area contributed by atoms with Gasteiger partial charge >= 0.3 is 18.1 Å². The van der Waals surface area contributed by atoms with E-state index in [-0.39, 0.29) is 32.2 Å². The number of hydrogen-bond donors (Lipinski definition) is 9. The second-order valence-corrected chi connectivity index (χ2v) is 13.4. The average Bonchev–Trinajstić information content (AvgIpc) is 3.48. The van der Waals surface area contributed by atoms with Crippen molar-refractivity contribution in [2.45, 2.75) is 89.1 Å². The molecular formula is C36H48N8O9. The van der Waals surface area contributed by atoms with Crippen molar-refractivity contribution in [2.75, 3.05) is 6.54 Å². The molecule has 53 heavy (non-hydrogen) atoms. The van der Waals surface area contributed by atoms with E-state index in [1.54, 1.807) is 57.3 Å². The molecule has 7 amide bonds. The largest absolute Gasteiger partial charge is 0.481 e. The molecule has 0 bridgehead atoms. The van der Waals surface area contributed by atoms with Crippen LogP contribution in [0.25, 0.3) is 10.9 Å². The fourth-order valence-corrected chi connectivity index (χ4v) is 5.41. The lowest BCUT2D eigenvalue weighted by Crippen LogP contribution is -2.59. The summed E-state index contributed by atoms with van der Waals surface area (Å²) in [7, 11) is 0. The molecule has 286 valence electrons. The second-order valence-electron chi connectivity index (χ2n) is 13.4. The normalized spacial score (nSPS) is 13.4. The van der Waals surface area contributed by atoms with Crippen molar-refractivity contribution in [3.8, 4) is 0 Å². The van der Waals surface area contributed by atoms with E-state index in [2.05, 4.69) is 31.6 Å². The lowest BCUT2D eigenvalue weighted by atomic mass is 10.0. The number of fused-ring (bicyclic) bond motifs is 1. The van der Waals surface area contributed by atoms with Crippen molar-refractivity contribution < 1.29 is 43.4 Å². The predicted octanol–water partition coefficient (Wildman–Crippen LogP) is 1.10. The van der Waals surface area contributed by atoms with Gasteiger partial charge in [-0.05, 0) is 57.2 Å². The summed E-state index contributed by atoms with van der Waals surface area (Å²) in [6.45, 7) is 5.14. The number of hydrogen-bond acceptors (Lipinski definition) is 8. The number of para-hydroxylation sites is 1.